The fraction of sp³-hybridized carbons (Fsp3) is 0.542. The van der Waals surface area contributed by atoms with Crippen LogP contribution in [0.3, 0.4) is 0 Å². The minimum Gasteiger partial charge on any atom is -0.494 e. The van der Waals surface area contributed by atoms with E-state index in [-0.39, 0.29) is 5.91 Å². The van der Waals surface area contributed by atoms with E-state index in [1.807, 2.05) is 23.1 Å². The Bertz CT molecular complexity index is 826. The summed E-state index contributed by atoms with van der Waals surface area (Å²) < 4.78 is 11.3. The van der Waals surface area contributed by atoms with Crippen LogP contribution in [-0.4, -0.2) is 66.4 Å². The zero-order valence-corrected chi connectivity index (χ0v) is 17.8. The molecule has 0 saturated carbocycles. The van der Waals surface area contributed by atoms with Gasteiger partial charge in [-0.05, 0) is 48.6 Å². The predicted octanol–water partition coefficient (Wildman–Crippen LogP) is 2.66. The fourth-order valence-corrected chi connectivity index (χ4v) is 4.29. The van der Waals surface area contributed by atoms with Gasteiger partial charge in [0.2, 0.25) is 0 Å². The molecule has 1 amide bonds. The molecule has 0 spiro atoms. The van der Waals surface area contributed by atoms with E-state index in [1.165, 1.54) is 0 Å². The Balaban J connectivity index is 1.30. The lowest BCUT2D eigenvalue weighted by atomic mass is 9.94. The first-order valence-corrected chi connectivity index (χ1v) is 11.1. The van der Waals surface area contributed by atoms with Crippen LogP contribution in [0.25, 0.3) is 0 Å². The van der Waals surface area contributed by atoms with Crippen molar-refractivity contribution in [2.75, 3.05) is 39.5 Å². The maximum atomic E-state index is 13.0. The van der Waals surface area contributed by atoms with E-state index in [9.17, 15) is 9.90 Å². The van der Waals surface area contributed by atoms with Crippen molar-refractivity contribution in [3.63, 3.8) is 0 Å². The number of hydrogen-bond acceptors (Lipinski definition) is 5. The van der Waals surface area contributed by atoms with E-state index in [0.29, 0.717) is 31.7 Å². The van der Waals surface area contributed by atoms with E-state index in [2.05, 4.69) is 24.0 Å². The second kappa shape index (κ2) is 9.77. The van der Waals surface area contributed by atoms with Crippen molar-refractivity contribution in [3.05, 3.63) is 52.6 Å². The number of hydrogen-bond donors (Lipinski definition) is 1. The maximum absolute atomic E-state index is 13.0. The van der Waals surface area contributed by atoms with Gasteiger partial charge in [-0.3, -0.25) is 9.69 Å². The minimum absolute atomic E-state index is 0.0641. The molecule has 1 saturated heterocycles. The van der Waals surface area contributed by atoms with Crippen molar-refractivity contribution in [2.45, 2.75) is 45.4 Å². The first-order chi connectivity index (χ1) is 14.6. The average Bonchev–Trinajstić information content (AvgIpc) is 3.21. The fourth-order valence-electron chi connectivity index (χ4n) is 4.29. The summed E-state index contributed by atoms with van der Waals surface area (Å²) in [6.07, 6.45) is 5.55. The van der Waals surface area contributed by atoms with Crippen molar-refractivity contribution >= 4 is 5.91 Å². The molecular weight excluding hydrogens is 380 g/mol. The minimum atomic E-state index is -0.707. The Kier molecular flexibility index (Phi) is 6.87. The monoisotopic (exact) mass is 412 g/mol. The first-order valence-electron chi connectivity index (χ1n) is 11.1. The number of morpholine rings is 1. The third-order valence-corrected chi connectivity index (χ3v) is 6.14. The summed E-state index contributed by atoms with van der Waals surface area (Å²) in [7, 11) is 0. The number of fused-ring (bicyclic) bond motifs is 1. The second-order valence-electron chi connectivity index (χ2n) is 8.23. The molecule has 0 aromatic heterocycles. The highest BCUT2D eigenvalue weighted by molar-refractivity contribution is 5.95. The third-order valence-electron chi connectivity index (χ3n) is 6.14. The highest BCUT2D eigenvalue weighted by Crippen LogP contribution is 2.30. The number of nitrogens with zero attached hydrogens (tertiary/aromatic N) is 2. The van der Waals surface area contributed by atoms with Crippen LogP contribution in [0.2, 0.25) is 0 Å². The molecule has 6 nitrogen and oxygen atoms in total. The molecule has 1 aliphatic carbocycles. The van der Waals surface area contributed by atoms with Gasteiger partial charge in [0.15, 0.2) is 0 Å². The molecule has 0 radical (unpaired) electrons. The molecule has 1 atom stereocenters. The Hall–Kier alpha value is -2.15. The second-order valence-corrected chi connectivity index (χ2v) is 8.23. The molecule has 1 unspecified atom stereocenters. The largest absolute Gasteiger partial charge is 0.494 e. The molecule has 3 aliphatic rings. The number of carbonyl (C=O) groups is 1. The number of rotatable bonds is 7. The van der Waals surface area contributed by atoms with Gasteiger partial charge in [-0.25, -0.2) is 0 Å². The standard InChI is InChI=1S/C24H32N2O4/c1-2-18-4-7-23(27)22(14-18)24(28)26-16-19-5-6-21(15-20(19)17-26)30-11-3-8-25-9-12-29-13-10-25/h4-6,14-15,23,27H,2-3,7-13,16-17H2,1H3. The summed E-state index contributed by atoms with van der Waals surface area (Å²) in [6, 6.07) is 6.11. The van der Waals surface area contributed by atoms with Crippen molar-refractivity contribution in [1.29, 1.82) is 0 Å². The smallest absolute Gasteiger partial charge is 0.253 e. The van der Waals surface area contributed by atoms with Crippen LogP contribution in [0.5, 0.6) is 5.75 Å². The van der Waals surface area contributed by atoms with Gasteiger partial charge < -0.3 is 19.5 Å². The summed E-state index contributed by atoms with van der Waals surface area (Å²) in [5.41, 5.74) is 3.92. The van der Waals surface area contributed by atoms with Gasteiger partial charge in [0.1, 0.15) is 5.75 Å². The number of carbonyl (C=O) groups excluding carboxylic acids is 1. The Labute approximate surface area is 178 Å². The quantitative estimate of drug-likeness (QED) is 0.698. The number of aliphatic hydroxyl groups excluding tert-OH is 1. The van der Waals surface area contributed by atoms with Crippen molar-refractivity contribution < 1.29 is 19.4 Å². The van der Waals surface area contributed by atoms with Gasteiger partial charge >= 0.3 is 0 Å². The molecule has 4 rings (SSSR count). The molecule has 6 heteroatoms. The number of amides is 1. The van der Waals surface area contributed by atoms with Crippen LogP contribution in [0, 0.1) is 0 Å². The lowest BCUT2D eigenvalue weighted by Crippen LogP contribution is -2.37. The van der Waals surface area contributed by atoms with Gasteiger partial charge in [-0.15, -0.1) is 0 Å². The van der Waals surface area contributed by atoms with Crippen molar-refractivity contribution in [3.8, 4) is 5.75 Å². The van der Waals surface area contributed by atoms with Crippen LogP contribution in [-0.2, 0) is 22.6 Å². The van der Waals surface area contributed by atoms with E-state index in [0.717, 1.165) is 68.1 Å². The summed E-state index contributed by atoms with van der Waals surface area (Å²) in [6.45, 7) is 8.58. The maximum Gasteiger partial charge on any atom is 0.253 e. The molecule has 1 aromatic carbocycles. The van der Waals surface area contributed by atoms with Crippen LogP contribution >= 0.6 is 0 Å². The highest BCUT2D eigenvalue weighted by Gasteiger charge is 2.30. The summed E-state index contributed by atoms with van der Waals surface area (Å²) in [5, 5.41) is 10.3. The molecule has 1 aromatic rings. The lowest BCUT2D eigenvalue weighted by molar-refractivity contribution is -0.128. The molecule has 162 valence electrons. The molecule has 30 heavy (non-hydrogen) atoms. The van der Waals surface area contributed by atoms with Gasteiger partial charge in [-0.2, -0.15) is 0 Å². The predicted molar refractivity (Wildman–Crippen MR) is 115 cm³/mol. The number of allylic oxidation sites excluding steroid dienone is 2. The average molecular weight is 413 g/mol. The van der Waals surface area contributed by atoms with Gasteiger partial charge in [0, 0.05) is 38.3 Å². The summed E-state index contributed by atoms with van der Waals surface area (Å²) >= 11 is 0. The number of aliphatic hydroxyl groups is 1. The number of benzene rings is 1. The van der Waals surface area contributed by atoms with Crippen molar-refractivity contribution in [1.82, 2.24) is 9.80 Å². The van der Waals surface area contributed by atoms with Crippen LogP contribution in [0.15, 0.2) is 41.5 Å². The first kappa shape index (κ1) is 21.1. The van der Waals surface area contributed by atoms with Crippen LogP contribution in [0.1, 0.15) is 37.3 Å². The van der Waals surface area contributed by atoms with Gasteiger partial charge in [-0.1, -0.05) is 24.6 Å². The van der Waals surface area contributed by atoms with E-state index in [1.54, 1.807) is 0 Å². The molecule has 1 N–H and O–H groups in total. The van der Waals surface area contributed by atoms with E-state index >= 15 is 0 Å². The zero-order valence-electron chi connectivity index (χ0n) is 17.8. The zero-order chi connectivity index (χ0) is 20.9. The van der Waals surface area contributed by atoms with E-state index < -0.39 is 6.10 Å². The van der Waals surface area contributed by atoms with Gasteiger partial charge in [0.25, 0.3) is 5.91 Å². The number of ether oxygens (including phenoxy) is 2. The Morgan fingerprint density at radius 3 is 2.83 bits per heavy atom. The van der Waals surface area contributed by atoms with Crippen molar-refractivity contribution in [2.24, 2.45) is 0 Å². The summed E-state index contributed by atoms with van der Waals surface area (Å²) in [5.74, 6) is 0.795. The topological polar surface area (TPSA) is 62.2 Å². The molecule has 1 fully saturated rings. The summed E-state index contributed by atoms with van der Waals surface area (Å²) in [4.78, 5) is 17.2. The van der Waals surface area contributed by atoms with Gasteiger partial charge in [0.05, 0.1) is 25.9 Å². The van der Waals surface area contributed by atoms with E-state index in [4.69, 9.17) is 9.47 Å². The molecule has 2 aliphatic heterocycles. The van der Waals surface area contributed by atoms with Crippen LogP contribution < -0.4 is 4.74 Å². The molecule has 0 bridgehead atoms. The Morgan fingerprint density at radius 1 is 1.23 bits per heavy atom. The SMILES string of the molecule is CCC1=CCC(O)C(C(=O)N2Cc3ccc(OCCCN4CCOCC4)cc3C2)=C1. The normalized spacial score (nSPS) is 21.8. The molecule has 2 heterocycles. The van der Waals surface area contributed by atoms with Crippen LogP contribution in [0.4, 0.5) is 0 Å². The molecular formula is C24H32N2O4. The Morgan fingerprint density at radius 2 is 2.03 bits per heavy atom. The highest BCUT2D eigenvalue weighted by atomic mass is 16.5. The third kappa shape index (κ3) is 4.94. The lowest BCUT2D eigenvalue weighted by Gasteiger charge is -2.26.